The number of nitrogens with one attached hydrogen (secondary N) is 2. The lowest BCUT2D eigenvalue weighted by Gasteiger charge is -2.28. The number of alkyl halides is 3. The highest BCUT2D eigenvalue weighted by Gasteiger charge is 2.35. The number of rotatable bonds is 1. The molecule has 0 amide bonds. The van der Waals surface area contributed by atoms with E-state index in [0.29, 0.717) is 24.4 Å². The van der Waals surface area contributed by atoms with Gasteiger partial charge >= 0.3 is 6.18 Å². The Labute approximate surface area is 106 Å². The van der Waals surface area contributed by atoms with Crippen molar-refractivity contribution in [2.45, 2.75) is 6.18 Å². The predicted molar refractivity (Wildman–Crippen MR) is 64.0 cm³/mol. The van der Waals surface area contributed by atoms with Crippen LogP contribution in [0.3, 0.4) is 0 Å². The van der Waals surface area contributed by atoms with Gasteiger partial charge in [0.15, 0.2) is 5.82 Å². The van der Waals surface area contributed by atoms with Gasteiger partial charge in [0.1, 0.15) is 5.52 Å². The molecule has 0 atom stereocenters. The van der Waals surface area contributed by atoms with Gasteiger partial charge in [-0.2, -0.15) is 13.2 Å². The molecule has 1 aliphatic rings. The van der Waals surface area contributed by atoms with Gasteiger partial charge in [0, 0.05) is 32.4 Å². The predicted octanol–water partition coefficient (Wildman–Crippen LogP) is 1.39. The number of nitrogens with zero attached hydrogens (tertiary/aromatic N) is 3. The fraction of sp³-hybridized carbons (Fsp3) is 0.455. The SMILES string of the molecule is FC(F)(F)c1nc2c(N3CCNCC3)nccc2[nH]1. The third kappa shape index (κ3) is 2.23. The molecule has 0 unspecified atom stereocenters. The first-order chi connectivity index (χ1) is 9.05. The lowest BCUT2D eigenvalue weighted by Crippen LogP contribution is -2.44. The lowest BCUT2D eigenvalue weighted by atomic mass is 10.3. The Morgan fingerprint density at radius 3 is 2.63 bits per heavy atom. The Bertz CT molecular complexity index is 586. The summed E-state index contributed by atoms with van der Waals surface area (Å²) >= 11 is 0. The summed E-state index contributed by atoms with van der Waals surface area (Å²) in [5, 5.41) is 3.18. The summed E-state index contributed by atoms with van der Waals surface area (Å²) in [6.07, 6.45) is -2.97. The number of anilines is 1. The van der Waals surface area contributed by atoms with E-state index in [1.165, 1.54) is 12.3 Å². The van der Waals surface area contributed by atoms with E-state index in [1.54, 1.807) is 0 Å². The summed E-state index contributed by atoms with van der Waals surface area (Å²) in [5.41, 5.74) is 0.632. The van der Waals surface area contributed by atoms with Crippen LogP contribution in [0.2, 0.25) is 0 Å². The number of piperazine rings is 1. The number of hydrogen-bond acceptors (Lipinski definition) is 4. The smallest absolute Gasteiger partial charge is 0.352 e. The van der Waals surface area contributed by atoms with Gasteiger partial charge in [-0.25, -0.2) is 9.97 Å². The Balaban J connectivity index is 2.07. The Kier molecular flexibility index (Phi) is 2.81. The van der Waals surface area contributed by atoms with Gasteiger partial charge in [-0.3, -0.25) is 0 Å². The van der Waals surface area contributed by atoms with Crippen LogP contribution in [0.5, 0.6) is 0 Å². The largest absolute Gasteiger partial charge is 0.449 e. The van der Waals surface area contributed by atoms with Crippen LogP contribution in [0.1, 0.15) is 5.82 Å². The van der Waals surface area contributed by atoms with Crippen LogP contribution in [0, 0.1) is 0 Å². The van der Waals surface area contributed by atoms with Crippen molar-refractivity contribution in [3.8, 4) is 0 Å². The van der Waals surface area contributed by atoms with E-state index in [1.807, 2.05) is 4.90 Å². The van der Waals surface area contributed by atoms with Gasteiger partial charge < -0.3 is 15.2 Å². The maximum atomic E-state index is 12.7. The molecule has 1 fully saturated rings. The molecule has 0 bridgehead atoms. The van der Waals surface area contributed by atoms with Crippen LogP contribution >= 0.6 is 0 Å². The van der Waals surface area contributed by atoms with Crippen LogP contribution in [-0.4, -0.2) is 41.1 Å². The molecule has 0 spiro atoms. The van der Waals surface area contributed by atoms with E-state index in [0.717, 1.165) is 13.1 Å². The number of hydrogen-bond donors (Lipinski definition) is 2. The van der Waals surface area contributed by atoms with E-state index in [2.05, 4.69) is 20.3 Å². The molecule has 102 valence electrons. The summed E-state index contributed by atoms with van der Waals surface area (Å²) < 4.78 is 38.0. The zero-order valence-corrected chi connectivity index (χ0v) is 9.96. The molecule has 2 aromatic heterocycles. The average molecular weight is 271 g/mol. The van der Waals surface area contributed by atoms with Gasteiger partial charge in [-0.1, -0.05) is 0 Å². The highest BCUT2D eigenvalue weighted by Crippen LogP contribution is 2.31. The fourth-order valence-corrected chi connectivity index (χ4v) is 2.16. The first kappa shape index (κ1) is 12.2. The minimum atomic E-state index is -4.47. The number of halogens is 3. The van der Waals surface area contributed by atoms with Crippen molar-refractivity contribution < 1.29 is 13.2 Å². The zero-order chi connectivity index (χ0) is 13.5. The van der Waals surface area contributed by atoms with Crippen molar-refractivity contribution in [2.24, 2.45) is 0 Å². The minimum absolute atomic E-state index is 0.275. The number of imidazole rings is 1. The van der Waals surface area contributed by atoms with Crippen LogP contribution in [-0.2, 0) is 6.18 Å². The van der Waals surface area contributed by atoms with Crippen molar-refractivity contribution in [2.75, 3.05) is 31.1 Å². The molecule has 0 saturated carbocycles. The van der Waals surface area contributed by atoms with E-state index in [-0.39, 0.29) is 5.52 Å². The van der Waals surface area contributed by atoms with E-state index < -0.39 is 12.0 Å². The third-order valence-electron chi connectivity index (χ3n) is 3.07. The Morgan fingerprint density at radius 1 is 1.21 bits per heavy atom. The lowest BCUT2D eigenvalue weighted by molar-refractivity contribution is -0.144. The standard InChI is InChI=1S/C11H12F3N5/c12-11(13,14)10-17-7-1-2-16-9(8(7)18-10)19-5-3-15-4-6-19/h1-2,15H,3-6H2,(H,17,18). The van der Waals surface area contributed by atoms with Gasteiger partial charge in [0.2, 0.25) is 5.82 Å². The van der Waals surface area contributed by atoms with Crippen molar-refractivity contribution in [3.05, 3.63) is 18.1 Å². The number of aromatic nitrogens is 3. The summed E-state index contributed by atoms with van der Waals surface area (Å²) in [4.78, 5) is 12.1. The molecule has 5 nitrogen and oxygen atoms in total. The maximum Gasteiger partial charge on any atom is 0.449 e. The maximum absolute atomic E-state index is 12.7. The molecular weight excluding hydrogens is 259 g/mol. The zero-order valence-electron chi connectivity index (χ0n) is 9.96. The Hall–Kier alpha value is -1.83. The van der Waals surface area contributed by atoms with E-state index in [9.17, 15) is 13.2 Å². The summed E-state index contributed by atoms with van der Waals surface area (Å²) in [6, 6.07) is 1.50. The molecular formula is C11H12F3N5. The first-order valence-corrected chi connectivity index (χ1v) is 5.93. The van der Waals surface area contributed by atoms with E-state index >= 15 is 0 Å². The topological polar surface area (TPSA) is 56.8 Å². The Morgan fingerprint density at radius 2 is 1.95 bits per heavy atom. The molecule has 1 aliphatic heterocycles. The third-order valence-corrected chi connectivity index (χ3v) is 3.07. The van der Waals surface area contributed by atoms with Crippen LogP contribution in [0.25, 0.3) is 11.0 Å². The molecule has 0 aromatic carbocycles. The molecule has 8 heteroatoms. The van der Waals surface area contributed by atoms with Crippen LogP contribution in [0.15, 0.2) is 12.3 Å². The second-order valence-corrected chi connectivity index (χ2v) is 4.35. The quantitative estimate of drug-likeness (QED) is 0.823. The molecule has 1 saturated heterocycles. The van der Waals surface area contributed by atoms with Gasteiger partial charge in [-0.05, 0) is 6.07 Å². The van der Waals surface area contributed by atoms with Crippen molar-refractivity contribution in [1.82, 2.24) is 20.3 Å². The summed E-state index contributed by atoms with van der Waals surface area (Å²) in [5.74, 6) is -0.474. The molecule has 0 radical (unpaired) electrons. The second-order valence-electron chi connectivity index (χ2n) is 4.35. The highest BCUT2D eigenvalue weighted by molar-refractivity contribution is 5.86. The van der Waals surface area contributed by atoms with Gasteiger partial charge in [0.25, 0.3) is 0 Å². The summed E-state index contributed by atoms with van der Waals surface area (Å²) in [7, 11) is 0. The van der Waals surface area contributed by atoms with Crippen LogP contribution in [0.4, 0.5) is 19.0 Å². The molecule has 0 aliphatic carbocycles. The van der Waals surface area contributed by atoms with E-state index in [4.69, 9.17) is 0 Å². The average Bonchev–Trinajstić information content (AvgIpc) is 2.83. The van der Waals surface area contributed by atoms with Crippen molar-refractivity contribution in [1.29, 1.82) is 0 Å². The van der Waals surface area contributed by atoms with Crippen molar-refractivity contribution >= 4 is 16.9 Å². The van der Waals surface area contributed by atoms with Crippen LogP contribution < -0.4 is 10.2 Å². The number of aromatic amines is 1. The molecule has 3 heterocycles. The summed E-state index contributed by atoms with van der Waals surface area (Å²) in [6.45, 7) is 2.99. The highest BCUT2D eigenvalue weighted by atomic mass is 19.4. The number of fused-ring (bicyclic) bond motifs is 1. The second kappa shape index (κ2) is 4.37. The minimum Gasteiger partial charge on any atom is -0.352 e. The number of H-pyrrole nitrogens is 1. The molecule has 19 heavy (non-hydrogen) atoms. The molecule has 2 aromatic rings. The normalized spacial score (nSPS) is 17.1. The monoisotopic (exact) mass is 271 g/mol. The molecule has 2 N–H and O–H groups in total. The first-order valence-electron chi connectivity index (χ1n) is 5.93. The number of pyridine rings is 1. The van der Waals surface area contributed by atoms with Gasteiger partial charge in [-0.15, -0.1) is 0 Å². The fourth-order valence-electron chi connectivity index (χ4n) is 2.16. The van der Waals surface area contributed by atoms with Gasteiger partial charge in [0.05, 0.1) is 5.52 Å². The molecule has 3 rings (SSSR count). The van der Waals surface area contributed by atoms with Crippen molar-refractivity contribution in [3.63, 3.8) is 0 Å².